The van der Waals surface area contributed by atoms with E-state index in [0.29, 0.717) is 18.7 Å². The van der Waals surface area contributed by atoms with Crippen LogP contribution < -0.4 is 11.1 Å². The maximum atomic E-state index is 12.0. The molecule has 2 aromatic rings. The van der Waals surface area contributed by atoms with Crippen LogP contribution in [0.2, 0.25) is 0 Å². The minimum absolute atomic E-state index is 0.0415. The standard InChI is InChI=1S/C18H25N5O/c19-15-9-7-14(8-10-15)13-18(24)20-11-4-6-17-22-21-16-5-2-1-3-12-23(16)17/h7-10H,1-6,11-13,19H2,(H,20,24). The van der Waals surface area contributed by atoms with E-state index < -0.39 is 0 Å². The smallest absolute Gasteiger partial charge is 0.224 e. The van der Waals surface area contributed by atoms with Crippen LogP contribution in [0.1, 0.15) is 42.9 Å². The Hall–Kier alpha value is -2.37. The molecule has 1 aromatic heterocycles. The quantitative estimate of drug-likeness (QED) is 0.626. The monoisotopic (exact) mass is 327 g/mol. The maximum Gasteiger partial charge on any atom is 0.224 e. The SMILES string of the molecule is Nc1ccc(CC(=O)NCCCc2nnc3n2CCCCC3)cc1. The van der Waals surface area contributed by atoms with Crippen LogP contribution >= 0.6 is 0 Å². The van der Waals surface area contributed by atoms with E-state index in [2.05, 4.69) is 20.1 Å². The van der Waals surface area contributed by atoms with Crippen molar-refractivity contribution in [3.63, 3.8) is 0 Å². The van der Waals surface area contributed by atoms with E-state index in [4.69, 9.17) is 5.73 Å². The number of rotatable bonds is 6. The van der Waals surface area contributed by atoms with Crippen LogP contribution in [0.3, 0.4) is 0 Å². The first-order chi connectivity index (χ1) is 11.7. The van der Waals surface area contributed by atoms with Gasteiger partial charge in [0.25, 0.3) is 0 Å². The van der Waals surface area contributed by atoms with Crippen molar-refractivity contribution in [2.45, 2.75) is 51.5 Å². The molecule has 0 spiro atoms. The molecule has 1 aliphatic heterocycles. The van der Waals surface area contributed by atoms with Gasteiger partial charge >= 0.3 is 0 Å². The minimum atomic E-state index is 0.0415. The molecular weight excluding hydrogens is 302 g/mol. The van der Waals surface area contributed by atoms with Gasteiger partial charge in [0.15, 0.2) is 0 Å². The molecule has 0 saturated carbocycles. The lowest BCUT2D eigenvalue weighted by atomic mass is 10.1. The zero-order valence-electron chi connectivity index (χ0n) is 14.0. The Bertz CT molecular complexity index is 677. The Balaban J connectivity index is 1.41. The number of hydrogen-bond donors (Lipinski definition) is 2. The highest BCUT2D eigenvalue weighted by atomic mass is 16.1. The fourth-order valence-corrected chi connectivity index (χ4v) is 3.09. The molecule has 0 bridgehead atoms. The minimum Gasteiger partial charge on any atom is -0.399 e. The normalized spacial score (nSPS) is 14.0. The number of aromatic nitrogens is 3. The van der Waals surface area contributed by atoms with Crippen molar-refractivity contribution in [1.82, 2.24) is 20.1 Å². The zero-order valence-corrected chi connectivity index (χ0v) is 14.0. The Morgan fingerprint density at radius 2 is 2.00 bits per heavy atom. The van der Waals surface area contributed by atoms with Gasteiger partial charge in [0.05, 0.1) is 6.42 Å². The van der Waals surface area contributed by atoms with E-state index in [1.807, 2.05) is 24.3 Å². The van der Waals surface area contributed by atoms with E-state index in [1.54, 1.807) is 0 Å². The molecule has 1 aliphatic rings. The van der Waals surface area contributed by atoms with Crippen LogP contribution in [-0.4, -0.2) is 27.2 Å². The average molecular weight is 327 g/mol. The van der Waals surface area contributed by atoms with E-state index in [0.717, 1.165) is 43.0 Å². The van der Waals surface area contributed by atoms with Crippen LogP contribution in [0.4, 0.5) is 5.69 Å². The van der Waals surface area contributed by atoms with Crippen LogP contribution in [0.25, 0.3) is 0 Å². The molecule has 1 amide bonds. The Morgan fingerprint density at radius 3 is 2.83 bits per heavy atom. The summed E-state index contributed by atoms with van der Waals surface area (Å²) in [5.74, 6) is 2.22. The van der Waals surface area contributed by atoms with Crippen LogP contribution in [-0.2, 0) is 30.6 Å². The first-order valence-corrected chi connectivity index (χ1v) is 8.74. The zero-order chi connectivity index (χ0) is 16.8. The molecule has 6 heteroatoms. The summed E-state index contributed by atoms with van der Waals surface area (Å²) in [5.41, 5.74) is 7.34. The number of hydrogen-bond acceptors (Lipinski definition) is 4. The maximum absolute atomic E-state index is 12.0. The number of benzene rings is 1. The van der Waals surface area contributed by atoms with Gasteiger partial charge in [-0.15, -0.1) is 10.2 Å². The fourth-order valence-electron chi connectivity index (χ4n) is 3.09. The lowest BCUT2D eigenvalue weighted by molar-refractivity contribution is -0.120. The largest absolute Gasteiger partial charge is 0.399 e. The third-order valence-electron chi connectivity index (χ3n) is 4.43. The summed E-state index contributed by atoms with van der Waals surface area (Å²) in [6.07, 6.45) is 6.84. The van der Waals surface area contributed by atoms with Gasteiger partial charge in [-0.3, -0.25) is 4.79 Å². The molecule has 0 aliphatic carbocycles. The summed E-state index contributed by atoms with van der Waals surface area (Å²) < 4.78 is 2.27. The van der Waals surface area contributed by atoms with Crippen molar-refractivity contribution in [2.75, 3.05) is 12.3 Å². The lowest BCUT2D eigenvalue weighted by Gasteiger charge is -2.08. The van der Waals surface area contributed by atoms with Crippen LogP contribution in [0.15, 0.2) is 24.3 Å². The number of nitrogens with two attached hydrogens (primary N) is 1. The molecule has 3 N–H and O–H groups in total. The number of anilines is 1. The number of nitrogens with one attached hydrogen (secondary N) is 1. The van der Waals surface area contributed by atoms with Crippen LogP contribution in [0, 0.1) is 0 Å². The molecule has 3 rings (SSSR count). The van der Waals surface area contributed by atoms with Crippen molar-refractivity contribution in [1.29, 1.82) is 0 Å². The molecule has 24 heavy (non-hydrogen) atoms. The second-order valence-electron chi connectivity index (χ2n) is 6.37. The van der Waals surface area contributed by atoms with E-state index in [-0.39, 0.29) is 5.91 Å². The average Bonchev–Trinajstić information content (AvgIpc) is 2.80. The first-order valence-electron chi connectivity index (χ1n) is 8.74. The molecule has 0 atom stereocenters. The lowest BCUT2D eigenvalue weighted by Crippen LogP contribution is -2.26. The number of fused-ring (bicyclic) bond motifs is 1. The molecule has 1 aromatic carbocycles. The molecule has 0 saturated heterocycles. The van der Waals surface area contributed by atoms with Crippen molar-refractivity contribution < 1.29 is 4.79 Å². The van der Waals surface area contributed by atoms with E-state index in [9.17, 15) is 4.79 Å². The summed E-state index contributed by atoms with van der Waals surface area (Å²) in [6.45, 7) is 1.69. The van der Waals surface area contributed by atoms with Crippen molar-refractivity contribution >= 4 is 11.6 Å². The molecule has 0 unspecified atom stereocenters. The number of carbonyl (C=O) groups is 1. The van der Waals surface area contributed by atoms with Gasteiger partial charge in [0.1, 0.15) is 11.6 Å². The number of nitrogens with zero attached hydrogens (tertiary/aromatic N) is 3. The number of amides is 1. The van der Waals surface area contributed by atoms with Crippen LogP contribution in [0.5, 0.6) is 0 Å². The number of nitrogen functional groups attached to an aromatic ring is 1. The second kappa shape index (κ2) is 7.95. The Morgan fingerprint density at radius 1 is 1.17 bits per heavy atom. The molecular formula is C18H25N5O. The third kappa shape index (κ3) is 4.34. The van der Waals surface area contributed by atoms with Crippen molar-refractivity contribution in [2.24, 2.45) is 0 Å². The summed E-state index contributed by atoms with van der Waals surface area (Å²) in [6, 6.07) is 7.42. The highest BCUT2D eigenvalue weighted by Gasteiger charge is 2.14. The van der Waals surface area contributed by atoms with Gasteiger partial charge in [0, 0.05) is 31.6 Å². The van der Waals surface area contributed by atoms with Gasteiger partial charge in [-0.05, 0) is 37.0 Å². The van der Waals surface area contributed by atoms with Gasteiger partial charge in [-0.2, -0.15) is 0 Å². The third-order valence-corrected chi connectivity index (χ3v) is 4.43. The van der Waals surface area contributed by atoms with Crippen molar-refractivity contribution in [3.05, 3.63) is 41.5 Å². The molecule has 6 nitrogen and oxygen atoms in total. The highest BCUT2D eigenvalue weighted by molar-refractivity contribution is 5.78. The summed E-state index contributed by atoms with van der Waals surface area (Å²) >= 11 is 0. The van der Waals surface area contributed by atoms with Gasteiger partial charge in [-0.1, -0.05) is 18.6 Å². The molecule has 2 heterocycles. The van der Waals surface area contributed by atoms with E-state index in [1.165, 1.54) is 19.3 Å². The summed E-state index contributed by atoms with van der Waals surface area (Å²) in [4.78, 5) is 12.0. The molecule has 128 valence electrons. The molecule has 0 fully saturated rings. The highest BCUT2D eigenvalue weighted by Crippen LogP contribution is 2.15. The summed E-state index contributed by atoms with van der Waals surface area (Å²) in [7, 11) is 0. The fraction of sp³-hybridized carbons (Fsp3) is 0.500. The Kier molecular flexibility index (Phi) is 5.46. The van der Waals surface area contributed by atoms with Crippen molar-refractivity contribution in [3.8, 4) is 0 Å². The predicted octanol–water partition coefficient (Wildman–Crippen LogP) is 1.88. The topological polar surface area (TPSA) is 85.8 Å². The number of carbonyl (C=O) groups excluding carboxylic acids is 1. The van der Waals surface area contributed by atoms with Gasteiger partial charge < -0.3 is 15.6 Å². The predicted molar refractivity (Wildman–Crippen MR) is 93.5 cm³/mol. The second-order valence-corrected chi connectivity index (χ2v) is 6.37. The van der Waals surface area contributed by atoms with E-state index >= 15 is 0 Å². The van der Waals surface area contributed by atoms with Gasteiger partial charge in [-0.25, -0.2) is 0 Å². The Labute approximate surface area is 142 Å². The summed E-state index contributed by atoms with van der Waals surface area (Å²) in [5, 5.41) is 11.6. The first kappa shape index (κ1) is 16.5. The molecule has 0 radical (unpaired) electrons. The van der Waals surface area contributed by atoms with Gasteiger partial charge in [0.2, 0.25) is 5.91 Å². The number of aryl methyl sites for hydroxylation is 2.